The van der Waals surface area contributed by atoms with Gasteiger partial charge in [-0.15, -0.1) is 0 Å². The topological polar surface area (TPSA) is 110 Å². The van der Waals surface area contributed by atoms with E-state index in [-0.39, 0.29) is 29.2 Å². The van der Waals surface area contributed by atoms with Crippen LogP contribution in [0.2, 0.25) is 0 Å². The number of amides is 2. The number of pyridine rings is 1. The lowest BCUT2D eigenvalue weighted by atomic mass is 10.1. The van der Waals surface area contributed by atoms with Crippen LogP contribution in [0.1, 0.15) is 85.3 Å². The molecule has 1 fully saturated rings. The van der Waals surface area contributed by atoms with E-state index in [1.54, 1.807) is 12.3 Å². The number of anilines is 1. The zero-order valence-electron chi connectivity index (χ0n) is 22.2. The first-order chi connectivity index (χ1) is 18.6. The Morgan fingerprint density at radius 2 is 1.79 bits per heavy atom. The van der Waals surface area contributed by atoms with E-state index in [1.165, 1.54) is 12.8 Å². The fourth-order valence-electron chi connectivity index (χ4n) is 5.19. The monoisotopic (exact) mass is 518 g/mol. The normalized spacial score (nSPS) is 18.2. The van der Waals surface area contributed by atoms with Crippen molar-refractivity contribution in [2.75, 3.05) is 31.5 Å². The van der Waals surface area contributed by atoms with Crippen molar-refractivity contribution in [1.29, 1.82) is 0 Å². The van der Waals surface area contributed by atoms with Crippen LogP contribution in [0.25, 0.3) is 11.3 Å². The molecule has 0 aromatic carbocycles. The van der Waals surface area contributed by atoms with Gasteiger partial charge in [-0.05, 0) is 50.8 Å². The number of nitrogens with one attached hydrogen (secondary N) is 2. The smallest absolute Gasteiger partial charge is 0.274 e. The molecule has 202 valence electrons. The SMILES string of the molecule is CCCCN1CCC(n2cc3c(n2)C(=O)NCCCCCCn2cc(cn2)-c2cccc(n2)C(=O)N3)CC1. The van der Waals surface area contributed by atoms with Crippen LogP contribution >= 0.6 is 0 Å². The number of aromatic nitrogens is 5. The number of aryl methyl sites for hydroxylation is 1. The van der Waals surface area contributed by atoms with Crippen molar-refractivity contribution < 1.29 is 9.59 Å². The van der Waals surface area contributed by atoms with Crippen molar-refractivity contribution in [1.82, 2.24) is 34.8 Å². The molecule has 10 heteroatoms. The highest BCUT2D eigenvalue weighted by Gasteiger charge is 2.25. The van der Waals surface area contributed by atoms with Crippen LogP contribution < -0.4 is 10.6 Å². The number of likely N-dealkylation sites (tertiary alicyclic amines) is 1. The maximum atomic E-state index is 13.3. The van der Waals surface area contributed by atoms with Gasteiger partial charge in [-0.25, -0.2) is 4.98 Å². The predicted octanol–water partition coefficient (Wildman–Crippen LogP) is 4.13. The van der Waals surface area contributed by atoms with Gasteiger partial charge in [-0.3, -0.25) is 19.0 Å². The summed E-state index contributed by atoms with van der Waals surface area (Å²) < 4.78 is 3.80. The summed E-state index contributed by atoms with van der Waals surface area (Å²) in [7, 11) is 0. The molecule has 2 amide bonds. The maximum Gasteiger partial charge on any atom is 0.274 e. The van der Waals surface area contributed by atoms with E-state index in [1.807, 2.05) is 33.9 Å². The molecule has 2 aliphatic rings. The van der Waals surface area contributed by atoms with Gasteiger partial charge in [0.25, 0.3) is 11.8 Å². The first-order valence-corrected chi connectivity index (χ1v) is 14.0. The second-order valence-corrected chi connectivity index (χ2v) is 10.3. The molecule has 3 aromatic rings. The second-order valence-electron chi connectivity index (χ2n) is 10.3. The molecule has 4 bridgehead atoms. The Balaban J connectivity index is 1.39. The van der Waals surface area contributed by atoms with Gasteiger partial charge in [-0.2, -0.15) is 10.2 Å². The van der Waals surface area contributed by atoms with Gasteiger partial charge >= 0.3 is 0 Å². The van der Waals surface area contributed by atoms with Gasteiger partial charge in [0.2, 0.25) is 0 Å². The summed E-state index contributed by atoms with van der Waals surface area (Å²) in [6.45, 7) is 6.77. The molecule has 5 rings (SSSR count). The fourth-order valence-corrected chi connectivity index (χ4v) is 5.19. The summed E-state index contributed by atoms with van der Waals surface area (Å²) >= 11 is 0. The molecule has 0 atom stereocenters. The Labute approximate surface area is 223 Å². The van der Waals surface area contributed by atoms with Gasteiger partial charge < -0.3 is 15.5 Å². The lowest BCUT2D eigenvalue weighted by Gasteiger charge is -2.31. The Hall–Kier alpha value is -3.53. The average molecular weight is 519 g/mol. The molecule has 0 radical (unpaired) electrons. The molecule has 1 saturated heterocycles. The van der Waals surface area contributed by atoms with Crippen molar-refractivity contribution in [3.8, 4) is 11.3 Å². The van der Waals surface area contributed by atoms with Crippen molar-refractivity contribution in [2.45, 2.75) is 70.9 Å². The maximum absolute atomic E-state index is 13.3. The highest BCUT2D eigenvalue weighted by molar-refractivity contribution is 6.07. The minimum Gasteiger partial charge on any atom is -0.351 e. The molecule has 5 heterocycles. The van der Waals surface area contributed by atoms with E-state index in [0.717, 1.165) is 70.3 Å². The summed E-state index contributed by atoms with van der Waals surface area (Å²) in [4.78, 5) is 33.5. The van der Waals surface area contributed by atoms with Crippen LogP contribution in [0.5, 0.6) is 0 Å². The molecule has 0 spiro atoms. The number of unbranched alkanes of at least 4 members (excludes halogenated alkanes) is 1. The summed E-state index contributed by atoms with van der Waals surface area (Å²) in [6, 6.07) is 5.57. The molecular weight excluding hydrogens is 480 g/mol. The number of fused-ring (bicyclic) bond motifs is 6. The molecular formula is C28H38N8O2. The van der Waals surface area contributed by atoms with Crippen LogP contribution in [0.4, 0.5) is 5.69 Å². The Morgan fingerprint density at radius 3 is 2.63 bits per heavy atom. The van der Waals surface area contributed by atoms with E-state index in [2.05, 4.69) is 37.6 Å². The van der Waals surface area contributed by atoms with Crippen LogP contribution in [-0.2, 0) is 6.54 Å². The molecule has 0 aliphatic carbocycles. The van der Waals surface area contributed by atoms with E-state index in [4.69, 9.17) is 0 Å². The van der Waals surface area contributed by atoms with Gasteiger partial charge in [0, 0.05) is 44.1 Å². The van der Waals surface area contributed by atoms with Gasteiger partial charge in [-0.1, -0.05) is 32.3 Å². The summed E-state index contributed by atoms with van der Waals surface area (Å²) in [5.74, 6) is -0.631. The van der Waals surface area contributed by atoms with E-state index in [9.17, 15) is 9.59 Å². The predicted molar refractivity (Wildman–Crippen MR) is 146 cm³/mol. The standard InChI is InChI=1S/C28H38N8O2/c1-2-3-14-34-16-11-22(12-17-34)36-20-25-26(33-36)28(38)29-13-6-4-5-7-15-35-19-21(18-30-35)23-9-8-10-24(31-23)27(37)32-25/h8-10,18-20,22H,2-7,11-17H2,1H3,(H,29,38)(H,32,37). The Kier molecular flexibility index (Phi) is 8.47. The fraction of sp³-hybridized carbons (Fsp3) is 0.536. The number of piperidine rings is 1. The number of hydrogen-bond acceptors (Lipinski definition) is 6. The van der Waals surface area contributed by atoms with Crippen LogP contribution in [-0.4, -0.2) is 67.4 Å². The number of carbonyl (C=O) groups excluding carboxylic acids is 2. The third-order valence-corrected chi connectivity index (χ3v) is 7.46. The number of hydrogen-bond donors (Lipinski definition) is 2. The Bertz CT molecular complexity index is 1240. The first kappa shape index (κ1) is 26.1. The number of carbonyl (C=O) groups is 2. The van der Waals surface area contributed by atoms with E-state index in [0.29, 0.717) is 17.9 Å². The van der Waals surface area contributed by atoms with Crippen molar-refractivity contribution in [2.24, 2.45) is 0 Å². The zero-order chi connectivity index (χ0) is 26.3. The Morgan fingerprint density at radius 1 is 0.974 bits per heavy atom. The van der Waals surface area contributed by atoms with E-state index < -0.39 is 0 Å². The third-order valence-electron chi connectivity index (χ3n) is 7.46. The van der Waals surface area contributed by atoms with Crippen LogP contribution in [0.3, 0.4) is 0 Å². The summed E-state index contributed by atoms with van der Waals surface area (Å²) in [5, 5.41) is 15.1. The van der Waals surface area contributed by atoms with Gasteiger partial charge in [0.05, 0.1) is 23.6 Å². The minimum absolute atomic E-state index is 0.199. The third kappa shape index (κ3) is 6.30. The van der Waals surface area contributed by atoms with Gasteiger partial charge in [0.1, 0.15) is 5.69 Å². The van der Waals surface area contributed by atoms with E-state index >= 15 is 0 Å². The summed E-state index contributed by atoms with van der Waals surface area (Å²) in [5.41, 5.74) is 2.51. The summed E-state index contributed by atoms with van der Waals surface area (Å²) in [6.07, 6.45) is 13.9. The largest absolute Gasteiger partial charge is 0.351 e. The van der Waals surface area contributed by atoms with Crippen LogP contribution in [0, 0.1) is 0 Å². The highest BCUT2D eigenvalue weighted by atomic mass is 16.2. The first-order valence-electron chi connectivity index (χ1n) is 14.0. The molecule has 0 saturated carbocycles. The molecule has 2 aliphatic heterocycles. The molecule has 38 heavy (non-hydrogen) atoms. The number of nitrogens with zero attached hydrogens (tertiary/aromatic N) is 6. The minimum atomic E-state index is -0.372. The molecule has 2 N–H and O–H groups in total. The van der Waals surface area contributed by atoms with Crippen molar-refractivity contribution in [3.63, 3.8) is 0 Å². The second kappa shape index (κ2) is 12.3. The van der Waals surface area contributed by atoms with Gasteiger partial charge in [0.15, 0.2) is 5.69 Å². The number of rotatable bonds is 4. The molecule has 0 unspecified atom stereocenters. The van der Waals surface area contributed by atoms with Crippen molar-refractivity contribution in [3.05, 3.63) is 48.2 Å². The average Bonchev–Trinajstić information content (AvgIpc) is 3.59. The lowest BCUT2D eigenvalue weighted by molar-refractivity contribution is 0.0946. The molecule has 3 aromatic heterocycles. The highest BCUT2D eigenvalue weighted by Crippen LogP contribution is 2.26. The lowest BCUT2D eigenvalue weighted by Crippen LogP contribution is -2.35. The van der Waals surface area contributed by atoms with Crippen LogP contribution in [0.15, 0.2) is 36.8 Å². The van der Waals surface area contributed by atoms with Crippen molar-refractivity contribution >= 4 is 17.5 Å². The quantitative estimate of drug-likeness (QED) is 0.537. The zero-order valence-corrected chi connectivity index (χ0v) is 22.2. The molecule has 10 nitrogen and oxygen atoms in total.